The molecule has 0 aliphatic rings. The highest BCUT2D eigenvalue weighted by molar-refractivity contribution is 5.96. The van der Waals surface area contributed by atoms with Gasteiger partial charge in [-0.25, -0.2) is 0 Å². The molecule has 0 radical (unpaired) electrons. The van der Waals surface area contributed by atoms with Crippen LogP contribution in [0.3, 0.4) is 0 Å². The van der Waals surface area contributed by atoms with E-state index in [-0.39, 0.29) is 18.4 Å². The molecule has 2 N–H and O–H groups in total. The summed E-state index contributed by atoms with van der Waals surface area (Å²) in [6, 6.07) is 16.4. The van der Waals surface area contributed by atoms with E-state index in [9.17, 15) is 14.7 Å². The van der Waals surface area contributed by atoms with Crippen LogP contribution < -0.4 is 5.32 Å². The summed E-state index contributed by atoms with van der Waals surface area (Å²) in [5.41, 5.74) is 1.01. The van der Waals surface area contributed by atoms with E-state index in [0.29, 0.717) is 17.8 Å². The molecule has 2 amide bonds. The predicted octanol–water partition coefficient (Wildman–Crippen LogP) is 3.06. The second-order valence-electron chi connectivity index (χ2n) is 6.72. The van der Waals surface area contributed by atoms with Crippen molar-refractivity contribution >= 4 is 17.5 Å². The number of carbonyl (C=O) groups excluding carboxylic acids is 2. The number of amides is 2. The predicted molar refractivity (Wildman–Crippen MR) is 98.2 cm³/mol. The van der Waals surface area contributed by atoms with Gasteiger partial charge in [0.15, 0.2) is 0 Å². The molecule has 0 saturated carbocycles. The first-order chi connectivity index (χ1) is 11.7. The Balaban J connectivity index is 2.26. The summed E-state index contributed by atoms with van der Waals surface area (Å²) in [4.78, 5) is 25.8. The molecule has 5 heteroatoms. The molecule has 0 unspecified atom stereocenters. The third-order valence-corrected chi connectivity index (χ3v) is 3.51. The second-order valence-corrected chi connectivity index (χ2v) is 6.72. The highest BCUT2D eigenvalue weighted by Gasteiger charge is 2.24. The Hall–Kier alpha value is -2.66. The van der Waals surface area contributed by atoms with Crippen LogP contribution in [0.5, 0.6) is 0 Å². The molecular weight excluding hydrogens is 316 g/mol. The molecule has 0 aliphatic heterocycles. The zero-order valence-corrected chi connectivity index (χ0v) is 14.8. The van der Waals surface area contributed by atoms with Crippen molar-refractivity contribution in [2.24, 2.45) is 0 Å². The van der Waals surface area contributed by atoms with Gasteiger partial charge in [0.25, 0.3) is 5.91 Å². The zero-order valence-electron chi connectivity index (χ0n) is 14.8. The summed E-state index contributed by atoms with van der Waals surface area (Å²) in [7, 11) is 0. The molecule has 0 atom stereocenters. The van der Waals surface area contributed by atoms with Crippen LogP contribution in [0.25, 0.3) is 0 Å². The fourth-order valence-electron chi connectivity index (χ4n) is 2.59. The summed E-state index contributed by atoms with van der Waals surface area (Å²) in [5.74, 6) is -0.389. The molecule has 0 fully saturated rings. The number of nitrogens with one attached hydrogen (secondary N) is 1. The minimum Gasteiger partial charge on any atom is -0.389 e. The number of anilines is 1. The molecule has 0 heterocycles. The molecule has 2 aromatic carbocycles. The van der Waals surface area contributed by atoms with Crippen molar-refractivity contribution in [2.75, 3.05) is 11.9 Å². The van der Waals surface area contributed by atoms with Gasteiger partial charge in [0, 0.05) is 31.3 Å². The maximum absolute atomic E-state index is 13.0. The van der Waals surface area contributed by atoms with Crippen LogP contribution in [0.4, 0.5) is 5.69 Å². The number of hydrogen-bond donors (Lipinski definition) is 2. The highest BCUT2D eigenvalue weighted by atomic mass is 16.3. The smallest absolute Gasteiger partial charge is 0.254 e. The van der Waals surface area contributed by atoms with Crippen LogP contribution in [0.15, 0.2) is 54.6 Å². The number of hydrogen-bond acceptors (Lipinski definition) is 3. The second kappa shape index (κ2) is 7.94. The maximum atomic E-state index is 13.0. The monoisotopic (exact) mass is 340 g/mol. The van der Waals surface area contributed by atoms with Gasteiger partial charge in [-0.3, -0.25) is 9.59 Å². The third-order valence-electron chi connectivity index (χ3n) is 3.51. The first-order valence-corrected chi connectivity index (χ1v) is 8.18. The van der Waals surface area contributed by atoms with Crippen molar-refractivity contribution < 1.29 is 14.7 Å². The number of aliphatic hydroxyl groups is 1. The van der Waals surface area contributed by atoms with Crippen molar-refractivity contribution in [3.63, 3.8) is 0 Å². The molecule has 0 spiro atoms. The summed E-state index contributed by atoms with van der Waals surface area (Å²) in [6.45, 7) is 5.36. The van der Waals surface area contributed by atoms with Gasteiger partial charge in [0.2, 0.25) is 5.91 Å². The third kappa shape index (κ3) is 6.04. The summed E-state index contributed by atoms with van der Waals surface area (Å²) in [6.07, 6.45) is 0. The average molecular weight is 340 g/mol. The summed E-state index contributed by atoms with van der Waals surface area (Å²) < 4.78 is 0. The lowest BCUT2D eigenvalue weighted by atomic mass is 10.1. The highest BCUT2D eigenvalue weighted by Crippen LogP contribution is 2.17. The summed E-state index contributed by atoms with van der Waals surface area (Å²) in [5, 5.41) is 12.9. The zero-order chi connectivity index (χ0) is 18.4. The molecular formula is C20H24N2O3. The van der Waals surface area contributed by atoms with E-state index in [4.69, 9.17) is 0 Å². The van der Waals surface area contributed by atoms with Crippen LogP contribution in [-0.4, -0.2) is 34.0 Å². The Morgan fingerprint density at radius 2 is 1.76 bits per heavy atom. The molecule has 2 rings (SSSR count). The number of rotatable bonds is 6. The maximum Gasteiger partial charge on any atom is 0.254 e. The van der Waals surface area contributed by atoms with Crippen LogP contribution in [0.1, 0.15) is 36.7 Å². The standard InChI is InChI=1S/C20H24N2O3/c1-15(23)21-18-11-7-10-17(12-18)19(24)22(14-20(2,3)25)13-16-8-5-4-6-9-16/h4-12,25H,13-14H2,1-3H3,(H,21,23). The normalized spacial score (nSPS) is 11.0. The van der Waals surface area contributed by atoms with E-state index in [0.717, 1.165) is 5.56 Å². The van der Waals surface area contributed by atoms with Gasteiger partial charge in [-0.15, -0.1) is 0 Å². The largest absolute Gasteiger partial charge is 0.389 e. The lowest BCUT2D eigenvalue weighted by molar-refractivity contribution is -0.114. The van der Waals surface area contributed by atoms with E-state index in [1.54, 1.807) is 43.0 Å². The van der Waals surface area contributed by atoms with E-state index < -0.39 is 5.60 Å². The Bertz CT molecular complexity index is 736. The molecule has 0 aliphatic carbocycles. The SMILES string of the molecule is CC(=O)Nc1cccc(C(=O)N(Cc2ccccc2)CC(C)(C)O)c1. The van der Waals surface area contributed by atoms with Gasteiger partial charge in [-0.1, -0.05) is 36.4 Å². The van der Waals surface area contributed by atoms with Gasteiger partial charge < -0.3 is 15.3 Å². The van der Waals surface area contributed by atoms with Crippen molar-refractivity contribution in [3.8, 4) is 0 Å². The van der Waals surface area contributed by atoms with Crippen LogP contribution >= 0.6 is 0 Å². The fraction of sp³-hybridized carbons (Fsp3) is 0.300. The summed E-state index contributed by atoms with van der Waals surface area (Å²) >= 11 is 0. The van der Waals surface area contributed by atoms with Gasteiger partial charge in [-0.2, -0.15) is 0 Å². The molecule has 0 aromatic heterocycles. The molecule has 2 aromatic rings. The van der Waals surface area contributed by atoms with Crippen LogP contribution in [0.2, 0.25) is 0 Å². The van der Waals surface area contributed by atoms with Gasteiger partial charge >= 0.3 is 0 Å². The van der Waals surface area contributed by atoms with Crippen molar-refractivity contribution in [2.45, 2.75) is 32.9 Å². The number of benzene rings is 2. The molecule has 0 saturated heterocycles. The van der Waals surface area contributed by atoms with Gasteiger partial charge in [0.1, 0.15) is 0 Å². The van der Waals surface area contributed by atoms with Crippen LogP contribution in [0, 0.1) is 0 Å². The minimum absolute atomic E-state index is 0.192. The van der Waals surface area contributed by atoms with Crippen LogP contribution in [-0.2, 0) is 11.3 Å². The number of nitrogens with zero attached hydrogens (tertiary/aromatic N) is 1. The first kappa shape index (κ1) is 18.7. The van der Waals surface area contributed by atoms with E-state index in [1.165, 1.54) is 6.92 Å². The van der Waals surface area contributed by atoms with Gasteiger partial charge in [-0.05, 0) is 37.6 Å². The Morgan fingerprint density at radius 1 is 1.08 bits per heavy atom. The Labute approximate surface area is 148 Å². The van der Waals surface area contributed by atoms with E-state index in [2.05, 4.69) is 5.32 Å². The Morgan fingerprint density at radius 3 is 2.36 bits per heavy atom. The van der Waals surface area contributed by atoms with Crippen molar-refractivity contribution in [1.82, 2.24) is 4.90 Å². The average Bonchev–Trinajstić information content (AvgIpc) is 2.53. The number of carbonyl (C=O) groups is 2. The van der Waals surface area contributed by atoms with Gasteiger partial charge in [0.05, 0.1) is 5.60 Å². The molecule has 25 heavy (non-hydrogen) atoms. The minimum atomic E-state index is -1.01. The quantitative estimate of drug-likeness (QED) is 0.849. The topological polar surface area (TPSA) is 69.6 Å². The van der Waals surface area contributed by atoms with E-state index >= 15 is 0 Å². The lowest BCUT2D eigenvalue weighted by Gasteiger charge is -2.29. The lowest BCUT2D eigenvalue weighted by Crippen LogP contribution is -2.41. The molecule has 5 nitrogen and oxygen atoms in total. The fourth-order valence-corrected chi connectivity index (χ4v) is 2.59. The Kier molecular flexibility index (Phi) is 5.93. The van der Waals surface area contributed by atoms with Crippen molar-refractivity contribution in [1.29, 1.82) is 0 Å². The molecule has 0 bridgehead atoms. The first-order valence-electron chi connectivity index (χ1n) is 8.18. The molecule has 132 valence electrons. The van der Waals surface area contributed by atoms with Crippen molar-refractivity contribution in [3.05, 3.63) is 65.7 Å². The van der Waals surface area contributed by atoms with E-state index in [1.807, 2.05) is 30.3 Å².